The summed E-state index contributed by atoms with van der Waals surface area (Å²) in [6.07, 6.45) is 1.44. The van der Waals surface area contributed by atoms with Gasteiger partial charge in [-0.25, -0.2) is 0 Å². The van der Waals surface area contributed by atoms with Gasteiger partial charge in [0.05, 0.1) is 0 Å². The van der Waals surface area contributed by atoms with Crippen LogP contribution in [0.3, 0.4) is 0 Å². The minimum atomic E-state index is -0.660. The van der Waals surface area contributed by atoms with E-state index >= 15 is 0 Å². The van der Waals surface area contributed by atoms with Crippen molar-refractivity contribution in [3.8, 4) is 0 Å². The van der Waals surface area contributed by atoms with E-state index < -0.39 is 5.97 Å². The van der Waals surface area contributed by atoms with Crippen molar-refractivity contribution in [3.05, 3.63) is 30.3 Å². The van der Waals surface area contributed by atoms with Crippen LogP contribution in [0.4, 0.5) is 0 Å². The van der Waals surface area contributed by atoms with Gasteiger partial charge in [-0.3, -0.25) is 4.79 Å². The Labute approximate surface area is 93.7 Å². The average Bonchev–Trinajstić information content (AvgIpc) is 2.94. The summed E-state index contributed by atoms with van der Waals surface area (Å²) in [6, 6.07) is 10.3. The number of benzene rings is 1. The molecule has 0 unspecified atom stereocenters. The summed E-state index contributed by atoms with van der Waals surface area (Å²) in [5.74, 6) is 1.44. The molecule has 0 heterocycles. The summed E-state index contributed by atoms with van der Waals surface area (Å²) in [6.45, 7) is 0. The van der Waals surface area contributed by atoms with Gasteiger partial charge >= 0.3 is 5.97 Å². The fraction of sp³-hybridized carbons (Fsp3) is 0.417. The minimum absolute atomic E-state index is 0.347. The standard InChI is InChI=1S/C12H14O2S/c13-12(14)7-9-6-10(9)8-15-11-4-2-1-3-5-11/h1-5,9-10H,6-8H2,(H,13,14)/t9-,10+/m0/s1. The highest BCUT2D eigenvalue weighted by molar-refractivity contribution is 7.99. The van der Waals surface area contributed by atoms with Crippen molar-refractivity contribution >= 4 is 17.7 Å². The second-order valence-corrected chi connectivity index (χ2v) is 5.07. The number of carboxylic acids is 1. The van der Waals surface area contributed by atoms with Crippen LogP contribution < -0.4 is 0 Å². The largest absolute Gasteiger partial charge is 0.481 e. The van der Waals surface area contributed by atoms with Crippen LogP contribution in [0.25, 0.3) is 0 Å². The van der Waals surface area contributed by atoms with Crippen molar-refractivity contribution in [2.45, 2.75) is 17.7 Å². The number of rotatable bonds is 5. The van der Waals surface area contributed by atoms with E-state index in [-0.39, 0.29) is 0 Å². The topological polar surface area (TPSA) is 37.3 Å². The van der Waals surface area contributed by atoms with E-state index in [0.29, 0.717) is 18.3 Å². The molecule has 1 N–H and O–H groups in total. The van der Waals surface area contributed by atoms with Gasteiger partial charge in [-0.05, 0) is 30.4 Å². The van der Waals surface area contributed by atoms with E-state index in [4.69, 9.17) is 5.11 Å². The van der Waals surface area contributed by atoms with Crippen molar-refractivity contribution in [1.82, 2.24) is 0 Å². The van der Waals surface area contributed by atoms with Gasteiger partial charge in [-0.1, -0.05) is 18.2 Å². The van der Waals surface area contributed by atoms with E-state index in [9.17, 15) is 4.79 Å². The van der Waals surface area contributed by atoms with Gasteiger partial charge in [0.25, 0.3) is 0 Å². The highest BCUT2D eigenvalue weighted by Gasteiger charge is 2.38. The molecule has 0 radical (unpaired) electrons. The molecule has 0 bridgehead atoms. The third kappa shape index (κ3) is 3.27. The maximum Gasteiger partial charge on any atom is 0.303 e. The van der Waals surface area contributed by atoms with Crippen LogP contribution in [0, 0.1) is 11.8 Å². The molecule has 1 fully saturated rings. The average molecular weight is 222 g/mol. The lowest BCUT2D eigenvalue weighted by atomic mass is 10.2. The van der Waals surface area contributed by atoms with Crippen LogP contribution >= 0.6 is 11.8 Å². The second kappa shape index (κ2) is 4.71. The Morgan fingerprint density at radius 2 is 2.07 bits per heavy atom. The fourth-order valence-corrected chi connectivity index (χ4v) is 2.87. The van der Waals surface area contributed by atoms with E-state index in [0.717, 1.165) is 12.2 Å². The van der Waals surface area contributed by atoms with Crippen LogP contribution in [0.2, 0.25) is 0 Å². The molecule has 15 heavy (non-hydrogen) atoms. The minimum Gasteiger partial charge on any atom is -0.481 e. The summed E-state index contributed by atoms with van der Waals surface area (Å²) in [5, 5.41) is 8.62. The molecule has 0 aliphatic heterocycles. The summed E-state index contributed by atoms with van der Waals surface area (Å²) in [7, 11) is 0. The summed E-state index contributed by atoms with van der Waals surface area (Å²) >= 11 is 1.83. The molecule has 1 saturated carbocycles. The third-order valence-corrected chi connectivity index (χ3v) is 3.91. The van der Waals surface area contributed by atoms with Crippen LogP contribution in [0.1, 0.15) is 12.8 Å². The first-order valence-corrected chi connectivity index (χ1v) is 6.14. The van der Waals surface area contributed by atoms with Crippen molar-refractivity contribution < 1.29 is 9.90 Å². The Hall–Kier alpha value is -0.960. The Morgan fingerprint density at radius 1 is 1.33 bits per heavy atom. The zero-order valence-electron chi connectivity index (χ0n) is 8.43. The molecular weight excluding hydrogens is 208 g/mol. The van der Waals surface area contributed by atoms with E-state index in [2.05, 4.69) is 12.1 Å². The lowest BCUT2D eigenvalue weighted by molar-refractivity contribution is -0.137. The van der Waals surface area contributed by atoms with E-state index in [1.807, 2.05) is 30.0 Å². The van der Waals surface area contributed by atoms with Crippen LogP contribution in [-0.2, 0) is 4.79 Å². The zero-order valence-corrected chi connectivity index (χ0v) is 9.24. The number of hydrogen-bond acceptors (Lipinski definition) is 2. The molecule has 1 aromatic carbocycles. The quantitative estimate of drug-likeness (QED) is 0.778. The number of thioether (sulfide) groups is 1. The van der Waals surface area contributed by atoms with Crippen molar-refractivity contribution in [1.29, 1.82) is 0 Å². The van der Waals surface area contributed by atoms with Crippen LogP contribution in [0.15, 0.2) is 35.2 Å². The van der Waals surface area contributed by atoms with Gasteiger partial charge in [-0.2, -0.15) is 0 Å². The Morgan fingerprint density at radius 3 is 2.73 bits per heavy atom. The molecule has 2 atom stereocenters. The molecule has 0 amide bonds. The number of carboxylic acid groups (broad SMARTS) is 1. The normalized spacial score (nSPS) is 23.7. The zero-order chi connectivity index (χ0) is 10.7. The maximum atomic E-state index is 10.5. The van der Waals surface area contributed by atoms with Gasteiger partial charge in [0.1, 0.15) is 0 Å². The predicted octanol–water partition coefficient (Wildman–Crippen LogP) is 2.89. The monoisotopic (exact) mass is 222 g/mol. The number of hydrogen-bond donors (Lipinski definition) is 1. The van der Waals surface area contributed by atoms with E-state index in [1.54, 1.807) is 0 Å². The molecule has 0 spiro atoms. The van der Waals surface area contributed by atoms with Gasteiger partial charge in [-0.15, -0.1) is 11.8 Å². The molecular formula is C12H14O2S. The number of aliphatic carboxylic acids is 1. The molecule has 2 nitrogen and oxygen atoms in total. The van der Waals surface area contributed by atoms with Crippen molar-refractivity contribution in [2.75, 3.05) is 5.75 Å². The van der Waals surface area contributed by atoms with Gasteiger partial charge in [0.2, 0.25) is 0 Å². The highest BCUT2D eigenvalue weighted by atomic mass is 32.2. The molecule has 0 saturated heterocycles. The second-order valence-electron chi connectivity index (χ2n) is 3.98. The summed E-state index contributed by atoms with van der Waals surface area (Å²) in [4.78, 5) is 11.7. The first kappa shape index (κ1) is 10.6. The molecule has 2 rings (SSSR count). The Kier molecular flexibility index (Phi) is 3.31. The Balaban J connectivity index is 1.71. The molecule has 1 aromatic rings. The lowest BCUT2D eigenvalue weighted by Gasteiger charge is -1.99. The van der Waals surface area contributed by atoms with Crippen molar-refractivity contribution in [2.24, 2.45) is 11.8 Å². The summed E-state index contributed by atoms with van der Waals surface area (Å²) < 4.78 is 0. The Bertz CT molecular complexity index is 337. The molecule has 1 aliphatic rings. The molecule has 80 valence electrons. The van der Waals surface area contributed by atoms with E-state index in [1.165, 1.54) is 4.90 Å². The first-order chi connectivity index (χ1) is 7.25. The third-order valence-electron chi connectivity index (χ3n) is 2.71. The SMILES string of the molecule is O=C(O)C[C@@H]1C[C@@H]1CSc1ccccc1. The molecule has 1 aliphatic carbocycles. The van der Waals surface area contributed by atoms with Crippen LogP contribution in [0.5, 0.6) is 0 Å². The molecule has 3 heteroatoms. The summed E-state index contributed by atoms with van der Waals surface area (Å²) in [5.41, 5.74) is 0. The molecule has 0 aromatic heterocycles. The predicted molar refractivity (Wildman–Crippen MR) is 61.0 cm³/mol. The lowest BCUT2D eigenvalue weighted by Crippen LogP contribution is -1.97. The highest BCUT2D eigenvalue weighted by Crippen LogP contribution is 2.44. The van der Waals surface area contributed by atoms with Crippen molar-refractivity contribution in [3.63, 3.8) is 0 Å². The maximum absolute atomic E-state index is 10.5. The fourth-order valence-electron chi connectivity index (χ4n) is 1.71. The van der Waals surface area contributed by atoms with Crippen LogP contribution in [-0.4, -0.2) is 16.8 Å². The first-order valence-electron chi connectivity index (χ1n) is 5.15. The smallest absolute Gasteiger partial charge is 0.303 e. The number of carbonyl (C=O) groups is 1. The van der Waals surface area contributed by atoms with Gasteiger partial charge < -0.3 is 5.11 Å². The van der Waals surface area contributed by atoms with Gasteiger partial charge in [0, 0.05) is 17.1 Å². The van der Waals surface area contributed by atoms with Gasteiger partial charge in [0.15, 0.2) is 0 Å².